The van der Waals surface area contributed by atoms with Crippen molar-refractivity contribution in [1.29, 1.82) is 0 Å². The van der Waals surface area contributed by atoms with E-state index in [2.05, 4.69) is 9.97 Å². The maximum absolute atomic E-state index is 12.7. The third-order valence-corrected chi connectivity index (χ3v) is 3.43. The van der Waals surface area contributed by atoms with E-state index in [1.165, 1.54) is 0 Å². The molecule has 0 amide bonds. The third kappa shape index (κ3) is 3.47. The summed E-state index contributed by atoms with van der Waals surface area (Å²) in [4.78, 5) is 9.11. The van der Waals surface area contributed by atoms with E-state index < -0.39 is 11.9 Å². The van der Waals surface area contributed by atoms with Gasteiger partial charge in [-0.15, -0.1) is 0 Å². The SMILES string of the molecule is COc1ccc(C(C)N(C)c2nccc(C(F)(F)F)n2)cc1. The van der Waals surface area contributed by atoms with E-state index >= 15 is 0 Å². The van der Waals surface area contributed by atoms with E-state index in [0.29, 0.717) is 5.75 Å². The monoisotopic (exact) mass is 311 g/mol. The number of halogens is 3. The predicted molar refractivity (Wildman–Crippen MR) is 76.8 cm³/mol. The van der Waals surface area contributed by atoms with Crippen molar-refractivity contribution in [2.75, 3.05) is 19.1 Å². The molecule has 0 aliphatic carbocycles. The molecule has 0 aliphatic heterocycles. The van der Waals surface area contributed by atoms with Gasteiger partial charge in [-0.1, -0.05) is 12.1 Å². The van der Waals surface area contributed by atoms with Gasteiger partial charge in [0.25, 0.3) is 0 Å². The average molecular weight is 311 g/mol. The molecule has 0 spiro atoms. The van der Waals surface area contributed by atoms with Gasteiger partial charge in [0.05, 0.1) is 13.2 Å². The highest BCUT2D eigenvalue weighted by Gasteiger charge is 2.33. The lowest BCUT2D eigenvalue weighted by atomic mass is 10.1. The quantitative estimate of drug-likeness (QED) is 0.863. The lowest BCUT2D eigenvalue weighted by Gasteiger charge is -2.25. The Morgan fingerprint density at radius 3 is 2.32 bits per heavy atom. The Kier molecular flexibility index (Phi) is 4.54. The minimum Gasteiger partial charge on any atom is -0.497 e. The Bertz CT molecular complexity index is 629. The summed E-state index contributed by atoms with van der Waals surface area (Å²) < 4.78 is 43.2. The molecule has 4 nitrogen and oxygen atoms in total. The normalized spacial score (nSPS) is 12.8. The zero-order valence-electron chi connectivity index (χ0n) is 12.4. The van der Waals surface area contributed by atoms with E-state index in [9.17, 15) is 13.2 Å². The first kappa shape index (κ1) is 16.1. The molecule has 1 heterocycles. The van der Waals surface area contributed by atoms with Gasteiger partial charge in [-0.25, -0.2) is 9.97 Å². The first-order chi connectivity index (χ1) is 10.3. The summed E-state index contributed by atoms with van der Waals surface area (Å²) in [6, 6.07) is 7.98. The summed E-state index contributed by atoms with van der Waals surface area (Å²) in [5, 5.41) is 0. The van der Waals surface area contributed by atoms with Crippen molar-refractivity contribution >= 4 is 5.95 Å². The van der Waals surface area contributed by atoms with Crippen LogP contribution in [0.2, 0.25) is 0 Å². The molecule has 0 saturated heterocycles. The molecule has 7 heteroatoms. The van der Waals surface area contributed by atoms with Crippen molar-refractivity contribution in [2.45, 2.75) is 19.1 Å². The number of anilines is 1. The number of ether oxygens (including phenoxy) is 1. The number of hydrogen-bond donors (Lipinski definition) is 0. The number of hydrogen-bond acceptors (Lipinski definition) is 4. The molecule has 0 N–H and O–H groups in total. The molecular weight excluding hydrogens is 295 g/mol. The minimum absolute atomic E-state index is 0.0261. The number of aromatic nitrogens is 2. The smallest absolute Gasteiger partial charge is 0.433 e. The van der Waals surface area contributed by atoms with Crippen LogP contribution in [0.3, 0.4) is 0 Å². The Labute approximate surface area is 126 Å². The van der Waals surface area contributed by atoms with E-state index in [1.54, 1.807) is 31.2 Å². The molecule has 1 atom stereocenters. The molecule has 2 rings (SSSR count). The largest absolute Gasteiger partial charge is 0.497 e. The van der Waals surface area contributed by atoms with Gasteiger partial charge in [-0.3, -0.25) is 0 Å². The molecule has 118 valence electrons. The highest BCUT2D eigenvalue weighted by atomic mass is 19.4. The van der Waals surface area contributed by atoms with E-state index in [4.69, 9.17) is 4.74 Å². The van der Waals surface area contributed by atoms with Crippen molar-refractivity contribution < 1.29 is 17.9 Å². The molecule has 1 aromatic heterocycles. The van der Waals surface area contributed by atoms with Crippen LogP contribution in [0.25, 0.3) is 0 Å². The number of alkyl halides is 3. The number of nitrogens with zero attached hydrogens (tertiary/aromatic N) is 3. The Hall–Kier alpha value is -2.31. The molecule has 0 saturated carbocycles. The number of benzene rings is 1. The van der Waals surface area contributed by atoms with Crippen LogP contribution in [0.15, 0.2) is 36.5 Å². The van der Waals surface area contributed by atoms with Crippen molar-refractivity contribution in [2.24, 2.45) is 0 Å². The molecule has 0 aliphatic rings. The van der Waals surface area contributed by atoms with E-state index in [-0.39, 0.29) is 12.0 Å². The van der Waals surface area contributed by atoms with Gasteiger partial charge >= 0.3 is 6.18 Å². The average Bonchev–Trinajstić information content (AvgIpc) is 2.53. The topological polar surface area (TPSA) is 38.2 Å². The summed E-state index contributed by atoms with van der Waals surface area (Å²) in [6.45, 7) is 1.87. The van der Waals surface area contributed by atoms with Crippen molar-refractivity contribution in [3.05, 3.63) is 47.8 Å². The summed E-state index contributed by atoms with van der Waals surface area (Å²) in [5.41, 5.74) is -0.0319. The molecule has 0 fully saturated rings. The van der Waals surface area contributed by atoms with Crippen LogP contribution in [-0.4, -0.2) is 24.1 Å². The second-order valence-electron chi connectivity index (χ2n) is 4.80. The van der Waals surface area contributed by atoms with Gasteiger partial charge in [0, 0.05) is 13.2 Å². The molecule has 0 bridgehead atoms. The highest BCUT2D eigenvalue weighted by molar-refractivity contribution is 5.37. The standard InChI is InChI=1S/C15H16F3N3O/c1-10(11-4-6-12(22-3)7-5-11)21(2)14-19-9-8-13(20-14)15(16,17)18/h4-10H,1-3H3. The lowest BCUT2D eigenvalue weighted by molar-refractivity contribution is -0.141. The van der Waals surface area contributed by atoms with Gasteiger partial charge < -0.3 is 9.64 Å². The second-order valence-corrected chi connectivity index (χ2v) is 4.80. The van der Waals surface area contributed by atoms with Crippen LogP contribution < -0.4 is 9.64 Å². The molecule has 1 aromatic carbocycles. The van der Waals surface area contributed by atoms with Crippen LogP contribution >= 0.6 is 0 Å². The summed E-state index contributed by atoms with van der Waals surface area (Å²) in [6.07, 6.45) is -3.37. The van der Waals surface area contributed by atoms with Gasteiger partial charge in [0.15, 0.2) is 0 Å². The van der Waals surface area contributed by atoms with Crippen molar-refractivity contribution in [1.82, 2.24) is 9.97 Å². The summed E-state index contributed by atoms with van der Waals surface area (Å²) >= 11 is 0. The van der Waals surface area contributed by atoms with Crippen molar-refractivity contribution in [3.8, 4) is 5.75 Å². The van der Waals surface area contributed by atoms with Gasteiger partial charge in [0.1, 0.15) is 11.4 Å². The zero-order chi connectivity index (χ0) is 16.3. The van der Waals surface area contributed by atoms with Crippen LogP contribution in [0.1, 0.15) is 24.2 Å². The zero-order valence-corrected chi connectivity index (χ0v) is 12.4. The fraction of sp³-hybridized carbons (Fsp3) is 0.333. The maximum Gasteiger partial charge on any atom is 0.433 e. The fourth-order valence-corrected chi connectivity index (χ4v) is 1.96. The number of rotatable bonds is 4. The maximum atomic E-state index is 12.7. The molecule has 1 unspecified atom stereocenters. The van der Waals surface area contributed by atoms with Gasteiger partial charge in [-0.05, 0) is 30.7 Å². The second kappa shape index (κ2) is 6.21. The summed E-state index contributed by atoms with van der Waals surface area (Å²) in [5.74, 6) is 0.743. The van der Waals surface area contributed by atoms with Crippen LogP contribution in [0.4, 0.5) is 19.1 Å². The van der Waals surface area contributed by atoms with Crippen LogP contribution in [-0.2, 0) is 6.18 Å². The van der Waals surface area contributed by atoms with Crippen LogP contribution in [0.5, 0.6) is 5.75 Å². The van der Waals surface area contributed by atoms with Gasteiger partial charge in [0.2, 0.25) is 5.95 Å². The Balaban J connectivity index is 2.24. The molecule has 2 aromatic rings. The molecular formula is C15H16F3N3O. The predicted octanol–water partition coefficient (Wildman–Crippen LogP) is 3.70. The van der Waals surface area contributed by atoms with Gasteiger partial charge in [-0.2, -0.15) is 13.2 Å². The number of methoxy groups -OCH3 is 1. The highest BCUT2D eigenvalue weighted by Crippen LogP contribution is 2.29. The summed E-state index contributed by atoms with van der Waals surface area (Å²) in [7, 11) is 3.23. The van der Waals surface area contributed by atoms with Crippen LogP contribution in [0, 0.1) is 0 Å². The first-order valence-electron chi connectivity index (χ1n) is 6.60. The minimum atomic E-state index is -4.48. The van der Waals surface area contributed by atoms with E-state index in [0.717, 1.165) is 17.8 Å². The molecule has 0 radical (unpaired) electrons. The third-order valence-electron chi connectivity index (χ3n) is 3.43. The fourth-order valence-electron chi connectivity index (χ4n) is 1.96. The lowest BCUT2D eigenvalue weighted by Crippen LogP contribution is -2.24. The van der Waals surface area contributed by atoms with E-state index in [1.807, 2.05) is 19.1 Å². The molecule has 22 heavy (non-hydrogen) atoms. The van der Waals surface area contributed by atoms with Crippen molar-refractivity contribution in [3.63, 3.8) is 0 Å². The Morgan fingerprint density at radius 1 is 1.14 bits per heavy atom. The Morgan fingerprint density at radius 2 is 1.77 bits per heavy atom. The first-order valence-corrected chi connectivity index (χ1v) is 6.60.